The Morgan fingerprint density at radius 3 is 2.76 bits per heavy atom. The third kappa shape index (κ3) is 2.56. The first kappa shape index (κ1) is 12.3. The molecule has 0 aliphatic rings. The Bertz CT molecular complexity index is 524. The Balaban J connectivity index is 2.37. The van der Waals surface area contributed by atoms with Crippen molar-refractivity contribution in [3.05, 3.63) is 34.1 Å². The average molecular weight is 296 g/mol. The summed E-state index contributed by atoms with van der Waals surface area (Å²) in [5.74, 6) is 1.16. The second-order valence-electron chi connectivity index (χ2n) is 3.92. The average Bonchev–Trinajstić information content (AvgIpc) is 2.77. The van der Waals surface area contributed by atoms with Crippen LogP contribution in [0.5, 0.6) is 0 Å². The first-order chi connectivity index (χ1) is 8.11. The molecule has 2 rings (SSSR count). The Morgan fingerprint density at radius 2 is 2.12 bits per heavy atom. The van der Waals surface area contributed by atoms with Crippen molar-refractivity contribution in [2.24, 2.45) is 0 Å². The zero-order valence-electron chi connectivity index (χ0n) is 9.99. The molecule has 5 heteroatoms. The molecule has 1 unspecified atom stereocenters. The van der Waals surface area contributed by atoms with E-state index < -0.39 is 0 Å². The molecular weight excluding hydrogens is 282 g/mol. The highest BCUT2D eigenvalue weighted by molar-refractivity contribution is 9.10. The minimum absolute atomic E-state index is 0.0620. The first-order valence-corrected chi connectivity index (χ1v) is 6.18. The molecule has 0 aliphatic carbocycles. The molecule has 0 aliphatic heterocycles. The van der Waals surface area contributed by atoms with Gasteiger partial charge in [0.05, 0.1) is 6.04 Å². The number of benzene rings is 1. The number of hydrogen-bond donors (Lipinski definition) is 1. The Morgan fingerprint density at radius 1 is 1.35 bits per heavy atom. The molecule has 4 nitrogen and oxygen atoms in total. The minimum Gasteiger partial charge on any atom is -0.419 e. The molecule has 90 valence electrons. The quantitative estimate of drug-likeness (QED) is 0.945. The van der Waals surface area contributed by atoms with Gasteiger partial charge in [0.15, 0.2) is 0 Å². The van der Waals surface area contributed by atoms with Crippen molar-refractivity contribution < 1.29 is 4.42 Å². The van der Waals surface area contributed by atoms with Gasteiger partial charge in [-0.2, -0.15) is 0 Å². The summed E-state index contributed by atoms with van der Waals surface area (Å²) in [4.78, 5) is 0. The van der Waals surface area contributed by atoms with Crippen LogP contribution in [0.4, 0.5) is 0 Å². The number of hydrogen-bond acceptors (Lipinski definition) is 4. The molecular formula is C12H14BrN3O. The van der Waals surface area contributed by atoms with Crippen LogP contribution in [-0.2, 0) is 0 Å². The lowest BCUT2D eigenvalue weighted by Crippen LogP contribution is -2.12. The van der Waals surface area contributed by atoms with Gasteiger partial charge in [0.1, 0.15) is 0 Å². The lowest BCUT2D eigenvalue weighted by Gasteiger charge is -2.03. The van der Waals surface area contributed by atoms with Crippen molar-refractivity contribution in [2.75, 3.05) is 7.05 Å². The summed E-state index contributed by atoms with van der Waals surface area (Å²) < 4.78 is 6.69. The second kappa shape index (κ2) is 4.98. The topological polar surface area (TPSA) is 51.0 Å². The standard InChI is InChI=1S/C12H14BrN3O/c1-7-6-9(13)4-5-10(7)12-16-15-11(17-12)8(2)14-3/h4-6,8,14H,1-3H3. The normalized spacial score (nSPS) is 12.7. The molecule has 2 aromatic rings. The smallest absolute Gasteiger partial charge is 0.248 e. The second-order valence-corrected chi connectivity index (χ2v) is 4.83. The van der Waals surface area contributed by atoms with E-state index in [0.717, 1.165) is 15.6 Å². The monoisotopic (exact) mass is 295 g/mol. The lowest BCUT2D eigenvalue weighted by molar-refractivity contribution is 0.441. The van der Waals surface area contributed by atoms with Gasteiger partial charge in [0.25, 0.3) is 0 Å². The van der Waals surface area contributed by atoms with Crippen LogP contribution in [0.15, 0.2) is 27.1 Å². The molecule has 0 saturated carbocycles. The third-order valence-electron chi connectivity index (χ3n) is 2.66. The van der Waals surface area contributed by atoms with Gasteiger partial charge in [-0.05, 0) is 44.7 Å². The predicted octanol–water partition coefficient (Wildman–Crippen LogP) is 3.09. The first-order valence-electron chi connectivity index (χ1n) is 5.39. The number of halogens is 1. The molecule has 0 radical (unpaired) electrons. The van der Waals surface area contributed by atoms with Crippen molar-refractivity contribution in [3.63, 3.8) is 0 Å². The summed E-state index contributed by atoms with van der Waals surface area (Å²) in [6.45, 7) is 4.00. The molecule has 0 amide bonds. The van der Waals surface area contributed by atoms with E-state index in [1.807, 2.05) is 39.1 Å². The van der Waals surface area contributed by atoms with Crippen LogP contribution in [0, 0.1) is 6.92 Å². The molecule has 0 spiro atoms. The summed E-state index contributed by atoms with van der Waals surface area (Å²) in [6, 6.07) is 6.03. The molecule has 1 atom stereocenters. The van der Waals surface area contributed by atoms with E-state index in [9.17, 15) is 0 Å². The third-order valence-corrected chi connectivity index (χ3v) is 3.16. The molecule has 1 heterocycles. The maximum Gasteiger partial charge on any atom is 0.248 e. The van der Waals surface area contributed by atoms with E-state index in [1.54, 1.807) is 0 Å². The fourth-order valence-electron chi connectivity index (χ4n) is 1.51. The van der Waals surface area contributed by atoms with Crippen LogP contribution in [0.3, 0.4) is 0 Å². The van der Waals surface area contributed by atoms with E-state index in [1.165, 1.54) is 0 Å². The summed E-state index contributed by atoms with van der Waals surface area (Å²) >= 11 is 3.43. The lowest BCUT2D eigenvalue weighted by atomic mass is 10.1. The molecule has 1 N–H and O–H groups in total. The Kier molecular flexibility index (Phi) is 3.59. The summed E-state index contributed by atoms with van der Waals surface area (Å²) in [7, 11) is 1.86. The fraction of sp³-hybridized carbons (Fsp3) is 0.333. The highest BCUT2D eigenvalue weighted by atomic mass is 79.9. The van der Waals surface area contributed by atoms with Gasteiger partial charge >= 0.3 is 0 Å². The van der Waals surface area contributed by atoms with Crippen molar-refractivity contribution in [1.82, 2.24) is 15.5 Å². The van der Waals surface area contributed by atoms with Gasteiger partial charge in [0, 0.05) is 10.0 Å². The number of aryl methyl sites for hydroxylation is 1. The number of rotatable bonds is 3. The van der Waals surface area contributed by atoms with Gasteiger partial charge < -0.3 is 9.73 Å². The van der Waals surface area contributed by atoms with Crippen LogP contribution < -0.4 is 5.32 Å². The molecule has 0 saturated heterocycles. The number of aromatic nitrogens is 2. The zero-order valence-corrected chi connectivity index (χ0v) is 11.6. The van der Waals surface area contributed by atoms with Crippen LogP contribution >= 0.6 is 15.9 Å². The van der Waals surface area contributed by atoms with Crippen molar-refractivity contribution >= 4 is 15.9 Å². The zero-order chi connectivity index (χ0) is 12.4. The highest BCUT2D eigenvalue weighted by Gasteiger charge is 2.14. The van der Waals surface area contributed by atoms with E-state index in [0.29, 0.717) is 11.8 Å². The summed E-state index contributed by atoms with van der Waals surface area (Å²) in [5, 5.41) is 11.2. The maximum atomic E-state index is 5.64. The van der Waals surface area contributed by atoms with Gasteiger partial charge in [0.2, 0.25) is 11.8 Å². The van der Waals surface area contributed by atoms with Crippen LogP contribution in [-0.4, -0.2) is 17.2 Å². The molecule has 0 bridgehead atoms. The fourth-order valence-corrected chi connectivity index (χ4v) is 1.98. The van der Waals surface area contributed by atoms with Gasteiger partial charge in [-0.25, -0.2) is 0 Å². The van der Waals surface area contributed by atoms with E-state index in [-0.39, 0.29) is 6.04 Å². The minimum atomic E-state index is 0.0620. The van der Waals surface area contributed by atoms with Crippen LogP contribution in [0.25, 0.3) is 11.5 Å². The van der Waals surface area contributed by atoms with Crippen LogP contribution in [0.1, 0.15) is 24.4 Å². The molecule has 1 aromatic carbocycles. The predicted molar refractivity (Wildman–Crippen MR) is 69.6 cm³/mol. The van der Waals surface area contributed by atoms with Crippen molar-refractivity contribution in [3.8, 4) is 11.5 Å². The number of nitrogens with one attached hydrogen (secondary N) is 1. The van der Waals surface area contributed by atoms with Crippen LogP contribution in [0.2, 0.25) is 0 Å². The summed E-state index contributed by atoms with van der Waals surface area (Å²) in [5.41, 5.74) is 2.07. The molecule has 0 fully saturated rings. The van der Waals surface area contributed by atoms with Crippen molar-refractivity contribution in [2.45, 2.75) is 19.9 Å². The highest BCUT2D eigenvalue weighted by Crippen LogP contribution is 2.26. The Hall–Kier alpha value is -1.20. The van der Waals surface area contributed by atoms with E-state index in [4.69, 9.17) is 4.42 Å². The SMILES string of the molecule is CNC(C)c1nnc(-c2ccc(Br)cc2C)o1. The summed E-state index contributed by atoms with van der Waals surface area (Å²) in [6.07, 6.45) is 0. The van der Waals surface area contributed by atoms with Gasteiger partial charge in [-0.3, -0.25) is 0 Å². The van der Waals surface area contributed by atoms with Gasteiger partial charge in [-0.15, -0.1) is 10.2 Å². The molecule has 17 heavy (non-hydrogen) atoms. The maximum absolute atomic E-state index is 5.64. The molecule has 1 aromatic heterocycles. The van der Waals surface area contributed by atoms with E-state index in [2.05, 4.69) is 31.4 Å². The van der Waals surface area contributed by atoms with Gasteiger partial charge in [-0.1, -0.05) is 15.9 Å². The van der Waals surface area contributed by atoms with E-state index >= 15 is 0 Å². The van der Waals surface area contributed by atoms with Crippen molar-refractivity contribution in [1.29, 1.82) is 0 Å². The Labute approximate surface area is 109 Å². The number of nitrogens with zero attached hydrogens (tertiary/aromatic N) is 2. The largest absolute Gasteiger partial charge is 0.419 e.